The van der Waals surface area contributed by atoms with Crippen LogP contribution in [0.4, 0.5) is 22.1 Å². The van der Waals surface area contributed by atoms with Crippen molar-refractivity contribution in [1.29, 1.82) is 0 Å². The smallest absolute Gasteiger partial charge is 0.321 e. The van der Waals surface area contributed by atoms with Crippen molar-refractivity contribution < 1.29 is 4.79 Å². The highest BCUT2D eigenvalue weighted by Crippen LogP contribution is 2.19. The van der Waals surface area contributed by atoms with Crippen LogP contribution in [-0.4, -0.2) is 85.4 Å². The van der Waals surface area contributed by atoms with Gasteiger partial charge in [0, 0.05) is 58.0 Å². The monoisotopic (exact) mass is 409 g/mol. The summed E-state index contributed by atoms with van der Waals surface area (Å²) in [6.45, 7) is 11.0. The lowest BCUT2D eigenvalue weighted by molar-refractivity contribution is 0.208. The van der Waals surface area contributed by atoms with Gasteiger partial charge < -0.3 is 24.9 Å². The van der Waals surface area contributed by atoms with E-state index < -0.39 is 0 Å². The lowest BCUT2D eigenvalue weighted by Gasteiger charge is -2.35. The first-order chi connectivity index (χ1) is 14.5. The average molecular weight is 410 g/mol. The summed E-state index contributed by atoms with van der Waals surface area (Å²) in [6.07, 6.45) is 0. The third-order valence-electron chi connectivity index (χ3n) is 5.98. The highest BCUT2D eigenvalue weighted by molar-refractivity contribution is 5.90. The van der Waals surface area contributed by atoms with E-state index in [9.17, 15) is 4.79 Å². The van der Waals surface area contributed by atoms with Crippen molar-refractivity contribution in [3.8, 4) is 0 Å². The minimum atomic E-state index is -0.0434. The first-order valence-corrected chi connectivity index (χ1v) is 10.6. The topological polar surface area (TPSA) is 67.8 Å². The number of piperazine rings is 2. The zero-order valence-corrected chi connectivity index (χ0v) is 18.1. The van der Waals surface area contributed by atoms with Gasteiger partial charge in [-0.2, -0.15) is 0 Å². The number of likely N-dealkylation sites (N-methyl/N-ethyl adjacent to an activating group) is 1. The number of amides is 2. The summed E-state index contributed by atoms with van der Waals surface area (Å²) in [5.74, 6) is 1.82. The fourth-order valence-electron chi connectivity index (χ4n) is 3.98. The molecule has 8 nitrogen and oxygen atoms in total. The first-order valence-electron chi connectivity index (χ1n) is 10.6. The Balaban J connectivity index is 1.30. The SMILES string of the molecule is Cc1ccc(NC(=O)N2CCN(c3ccc(N4CCN(C)CC4)nn3)CC2)c(C)c1. The molecule has 1 N–H and O–H groups in total. The van der Waals surface area contributed by atoms with Gasteiger partial charge in [-0.1, -0.05) is 17.7 Å². The minimum Gasteiger partial charge on any atom is -0.353 e. The molecule has 0 bridgehead atoms. The maximum Gasteiger partial charge on any atom is 0.321 e. The highest BCUT2D eigenvalue weighted by atomic mass is 16.2. The molecule has 0 spiro atoms. The zero-order chi connectivity index (χ0) is 21.1. The molecule has 2 fully saturated rings. The van der Waals surface area contributed by atoms with Crippen LogP contribution >= 0.6 is 0 Å². The quantitative estimate of drug-likeness (QED) is 0.838. The van der Waals surface area contributed by atoms with E-state index in [0.717, 1.165) is 62.2 Å². The van der Waals surface area contributed by atoms with Crippen LogP contribution in [0.3, 0.4) is 0 Å². The molecule has 0 atom stereocenters. The number of benzene rings is 1. The minimum absolute atomic E-state index is 0.0434. The van der Waals surface area contributed by atoms with Crippen molar-refractivity contribution in [2.24, 2.45) is 0 Å². The maximum atomic E-state index is 12.7. The summed E-state index contributed by atoms with van der Waals surface area (Å²) in [4.78, 5) is 21.3. The molecule has 0 radical (unpaired) electrons. The number of carbonyl (C=O) groups excluding carboxylic acids is 1. The van der Waals surface area contributed by atoms with Crippen molar-refractivity contribution >= 4 is 23.4 Å². The fraction of sp³-hybridized carbons (Fsp3) is 0.500. The van der Waals surface area contributed by atoms with Gasteiger partial charge in [0.2, 0.25) is 0 Å². The molecule has 2 amide bonds. The summed E-state index contributed by atoms with van der Waals surface area (Å²) in [7, 11) is 2.15. The summed E-state index contributed by atoms with van der Waals surface area (Å²) in [5, 5.41) is 11.9. The number of hydrogen-bond acceptors (Lipinski definition) is 6. The predicted octanol–water partition coefficient (Wildman–Crippen LogP) is 2.20. The van der Waals surface area contributed by atoms with Crippen molar-refractivity contribution in [1.82, 2.24) is 20.0 Å². The van der Waals surface area contributed by atoms with E-state index in [4.69, 9.17) is 0 Å². The van der Waals surface area contributed by atoms with Crippen LogP contribution < -0.4 is 15.1 Å². The second-order valence-corrected chi connectivity index (χ2v) is 8.26. The van der Waals surface area contributed by atoms with Crippen LogP contribution in [0.15, 0.2) is 30.3 Å². The fourth-order valence-corrected chi connectivity index (χ4v) is 3.98. The molecular weight excluding hydrogens is 378 g/mol. The van der Waals surface area contributed by atoms with E-state index in [0.29, 0.717) is 13.1 Å². The molecule has 1 aromatic carbocycles. The molecule has 160 valence electrons. The van der Waals surface area contributed by atoms with Crippen molar-refractivity contribution in [2.45, 2.75) is 13.8 Å². The maximum absolute atomic E-state index is 12.7. The van der Waals surface area contributed by atoms with Crippen LogP contribution in [0.5, 0.6) is 0 Å². The van der Waals surface area contributed by atoms with Gasteiger partial charge in [-0.25, -0.2) is 4.79 Å². The van der Waals surface area contributed by atoms with E-state index in [1.165, 1.54) is 5.56 Å². The molecule has 2 saturated heterocycles. The van der Waals surface area contributed by atoms with Crippen molar-refractivity contribution in [2.75, 3.05) is 74.5 Å². The zero-order valence-electron chi connectivity index (χ0n) is 18.1. The Morgan fingerprint density at radius 2 is 1.40 bits per heavy atom. The first kappa shape index (κ1) is 20.4. The average Bonchev–Trinajstić information content (AvgIpc) is 2.76. The molecule has 0 unspecified atom stereocenters. The Labute approximate surface area is 178 Å². The van der Waals surface area contributed by atoms with Gasteiger partial charge in [-0.05, 0) is 44.7 Å². The Bertz CT molecular complexity index is 870. The summed E-state index contributed by atoms with van der Waals surface area (Å²) in [5.41, 5.74) is 3.15. The number of aryl methyl sites for hydroxylation is 2. The number of urea groups is 1. The van der Waals surface area contributed by atoms with Gasteiger partial charge in [0.1, 0.15) is 0 Å². The number of aromatic nitrogens is 2. The lowest BCUT2D eigenvalue weighted by atomic mass is 10.1. The van der Waals surface area contributed by atoms with Crippen LogP contribution in [0.25, 0.3) is 0 Å². The van der Waals surface area contributed by atoms with Gasteiger partial charge in [-0.15, -0.1) is 10.2 Å². The molecule has 8 heteroatoms. The van der Waals surface area contributed by atoms with Crippen LogP contribution in [0, 0.1) is 13.8 Å². The van der Waals surface area contributed by atoms with Gasteiger partial charge in [0.05, 0.1) is 0 Å². The third kappa shape index (κ3) is 4.64. The molecule has 2 aliphatic rings. The van der Waals surface area contributed by atoms with Crippen LogP contribution in [0.2, 0.25) is 0 Å². The summed E-state index contributed by atoms with van der Waals surface area (Å²) in [6, 6.07) is 10.1. The van der Waals surface area contributed by atoms with E-state index in [1.807, 2.05) is 30.0 Å². The molecule has 1 aromatic heterocycles. The van der Waals surface area contributed by atoms with E-state index in [-0.39, 0.29) is 6.03 Å². The molecule has 2 aromatic rings. The van der Waals surface area contributed by atoms with E-state index in [2.05, 4.69) is 56.3 Å². The Morgan fingerprint density at radius 3 is 1.93 bits per heavy atom. The Hall–Kier alpha value is -2.87. The second-order valence-electron chi connectivity index (χ2n) is 8.26. The molecule has 30 heavy (non-hydrogen) atoms. The number of anilines is 3. The number of nitrogens with one attached hydrogen (secondary N) is 1. The van der Waals surface area contributed by atoms with Gasteiger partial charge in [-0.3, -0.25) is 0 Å². The molecule has 0 aliphatic carbocycles. The highest BCUT2D eigenvalue weighted by Gasteiger charge is 2.23. The van der Waals surface area contributed by atoms with Crippen LogP contribution in [-0.2, 0) is 0 Å². The van der Waals surface area contributed by atoms with Crippen molar-refractivity contribution in [3.05, 3.63) is 41.5 Å². The summed E-state index contributed by atoms with van der Waals surface area (Å²) >= 11 is 0. The number of nitrogens with zero attached hydrogens (tertiary/aromatic N) is 6. The van der Waals surface area contributed by atoms with E-state index >= 15 is 0 Å². The van der Waals surface area contributed by atoms with Crippen LogP contribution in [0.1, 0.15) is 11.1 Å². The largest absolute Gasteiger partial charge is 0.353 e. The lowest BCUT2D eigenvalue weighted by Crippen LogP contribution is -2.50. The molecular formula is C22H31N7O. The van der Waals surface area contributed by atoms with Crippen molar-refractivity contribution in [3.63, 3.8) is 0 Å². The van der Waals surface area contributed by atoms with Gasteiger partial charge in [0.25, 0.3) is 0 Å². The Kier molecular flexibility index (Phi) is 6.03. The standard InChI is InChI=1S/C22H31N7O/c1-17-4-5-19(18(2)16-17)23-22(30)29-14-12-28(13-15-29)21-7-6-20(24-25-21)27-10-8-26(3)9-11-27/h4-7,16H,8-15H2,1-3H3,(H,23,30). The van der Waals surface area contributed by atoms with Gasteiger partial charge in [0.15, 0.2) is 11.6 Å². The molecule has 2 aliphatic heterocycles. The van der Waals surface area contributed by atoms with Gasteiger partial charge >= 0.3 is 6.03 Å². The molecule has 4 rings (SSSR count). The number of rotatable bonds is 3. The number of carbonyl (C=O) groups is 1. The predicted molar refractivity (Wildman–Crippen MR) is 120 cm³/mol. The second kappa shape index (κ2) is 8.87. The third-order valence-corrected chi connectivity index (χ3v) is 5.98. The number of hydrogen-bond donors (Lipinski definition) is 1. The molecule has 0 saturated carbocycles. The summed E-state index contributed by atoms with van der Waals surface area (Å²) < 4.78 is 0. The molecule has 3 heterocycles. The van der Waals surface area contributed by atoms with E-state index in [1.54, 1.807) is 0 Å². The normalized spacial score (nSPS) is 17.9. The Morgan fingerprint density at radius 1 is 0.833 bits per heavy atom.